The zero-order chi connectivity index (χ0) is 17.6. The van der Waals surface area contributed by atoms with E-state index in [4.69, 9.17) is 9.15 Å². The molecule has 1 saturated heterocycles. The van der Waals surface area contributed by atoms with Gasteiger partial charge in [-0.05, 0) is 12.1 Å². The number of halogens is 1. The minimum atomic E-state index is -0.328. The fourth-order valence-electron chi connectivity index (χ4n) is 3.55. The van der Waals surface area contributed by atoms with E-state index in [1.54, 1.807) is 19.4 Å². The van der Waals surface area contributed by atoms with Crippen molar-refractivity contribution in [2.75, 3.05) is 25.2 Å². The predicted octanol–water partition coefficient (Wildman–Crippen LogP) is 3.40. The van der Waals surface area contributed by atoms with Gasteiger partial charge in [-0.15, -0.1) is 0 Å². The van der Waals surface area contributed by atoms with Crippen molar-refractivity contribution in [2.24, 2.45) is 5.41 Å². The highest BCUT2D eigenvalue weighted by molar-refractivity contribution is 5.74. The maximum absolute atomic E-state index is 13.4. The lowest BCUT2D eigenvalue weighted by molar-refractivity contribution is 0.150. The van der Waals surface area contributed by atoms with Gasteiger partial charge < -0.3 is 18.6 Å². The molecule has 132 valence electrons. The van der Waals surface area contributed by atoms with Crippen molar-refractivity contribution in [3.63, 3.8) is 0 Å². The fraction of sp³-hybridized carbons (Fsp3) is 0.444. The molecule has 0 spiro atoms. The molecule has 1 unspecified atom stereocenters. The van der Waals surface area contributed by atoms with Gasteiger partial charge in [-0.1, -0.05) is 13.8 Å². The van der Waals surface area contributed by atoms with E-state index in [1.165, 1.54) is 12.1 Å². The van der Waals surface area contributed by atoms with E-state index >= 15 is 0 Å². The zero-order valence-electron chi connectivity index (χ0n) is 14.6. The van der Waals surface area contributed by atoms with Crippen LogP contribution in [0.2, 0.25) is 0 Å². The molecule has 1 atom stereocenters. The molecule has 7 heteroatoms. The van der Waals surface area contributed by atoms with E-state index < -0.39 is 0 Å². The Morgan fingerprint density at radius 1 is 1.40 bits per heavy atom. The monoisotopic (exact) mass is 344 g/mol. The third kappa shape index (κ3) is 2.68. The Morgan fingerprint density at radius 2 is 2.24 bits per heavy atom. The Labute approximate surface area is 145 Å². The largest absolute Gasteiger partial charge is 0.423 e. The SMILES string of the molecule is COCCn1ccnc1C1N(c2nc3ccc(F)cc3o2)CC1(C)C. The first-order valence-electron chi connectivity index (χ1n) is 8.32. The summed E-state index contributed by atoms with van der Waals surface area (Å²) in [6.45, 7) is 6.56. The Bertz CT molecular complexity index is 902. The summed E-state index contributed by atoms with van der Waals surface area (Å²) in [5.74, 6) is 0.632. The summed E-state index contributed by atoms with van der Waals surface area (Å²) in [5, 5.41) is 0. The molecule has 0 saturated carbocycles. The van der Waals surface area contributed by atoms with Crippen molar-refractivity contribution in [3.8, 4) is 0 Å². The molecule has 0 amide bonds. The Balaban J connectivity index is 1.69. The molecular formula is C18H21FN4O2. The number of imidazole rings is 1. The molecule has 0 bridgehead atoms. The van der Waals surface area contributed by atoms with E-state index in [9.17, 15) is 4.39 Å². The number of hydrogen-bond acceptors (Lipinski definition) is 5. The number of anilines is 1. The minimum absolute atomic E-state index is 0.0298. The number of oxazole rings is 1. The number of ether oxygens (including phenoxy) is 1. The molecule has 25 heavy (non-hydrogen) atoms. The number of nitrogens with zero attached hydrogens (tertiary/aromatic N) is 4. The molecule has 3 heterocycles. The van der Waals surface area contributed by atoms with Crippen LogP contribution in [0.15, 0.2) is 35.0 Å². The van der Waals surface area contributed by atoms with E-state index in [0.717, 1.165) is 18.9 Å². The summed E-state index contributed by atoms with van der Waals surface area (Å²) in [5.41, 5.74) is 1.14. The molecule has 1 aromatic carbocycles. The predicted molar refractivity (Wildman–Crippen MR) is 91.9 cm³/mol. The highest BCUT2D eigenvalue weighted by Gasteiger charge is 2.50. The van der Waals surface area contributed by atoms with Gasteiger partial charge in [-0.3, -0.25) is 0 Å². The summed E-state index contributed by atoms with van der Waals surface area (Å²) in [7, 11) is 1.69. The lowest BCUT2D eigenvalue weighted by atomic mass is 9.74. The zero-order valence-corrected chi connectivity index (χ0v) is 14.6. The summed E-state index contributed by atoms with van der Waals surface area (Å²) >= 11 is 0. The van der Waals surface area contributed by atoms with Gasteiger partial charge in [-0.25, -0.2) is 9.37 Å². The fourth-order valence-corrected chi connectivity index (χ4v) is 3.55. The molecule has 2 aromatic heterocycles. The Kier molecular flexibility index (Phi) is 3.76. The quantitative estimate of drug-likeness (QED) is 0.710. The van der Waals surface area contributed by atoms with Crippen LogP contribution in [-0.4, -0.2) is 34.8 Å². The van der Waals surface area contributed by atoms with Crippen LogP contribution in [0.4, 0.5) is 10.4 Å². The normalized spacial score (nSPS) is 19.4. The highest BCUT2D eigenvalue weighted by atomic mass is 19.1. The molecule has 1 aliphatic heterocycles. The molecule has 6 nitrogen and oxygen atoms in total. The third-order valence-corrected chi connectivity index (χ3v) is 4.74. The molecule has 0 N–H and O–H groups in total. The first kappa shape index (κ1) is 16.1. The smallest absolute Gasteiger partial charge is 0.299 e. The maximum atomic E-state index is 13.4. The van der Waals surface area contributed by atoms with Crippen molar-refractivity contribution in [1.82, 2.24) is 14.5 Å². The Morgan fingerprint density at radius 3 is 3.00 bits per heavy atom. The van der Waals surface area contributed by atoms with E-state index in [2.05, 4.69) is 33.3 Å². The summed E-state index contributed by atoms with van der Waals surface area (Å²) in [4.78, 5) is 11.2. The maximum Gasteiger partial charge on any atom is 0.299 e. The molecule has 0 radical (unpaired) electrons. The lowest BCUT2D eigenvalue weighted by Gasteiger charge is -2.52. The van der Waals surface area contributed by atoms with Gasteiger partial charge in [0.25, 0.3) is 6.01 Å². The number of hydrogen-bond donors (Lipinski definition) is 0. The standard InChI is InChI=1S/C18H21FN4O2/c1-18(2)11-23(15(18)16-20-6-7-22(16)8-9-24-3)17-21-13-5-4-12(19)10-14(13)25-17/h4-7,10,15H,8-9,11H2,1-3H3. The number of rotatable bonds is 5. The van der Waals surface area contributed by atoms with Gasteiger partial charge >= 0.3 is 0 Å². The molecular weight excluding hydrogens is 323 g/mol. The first-order valence-corrected chi connectivity index (χ1v) is 8.32. The third-order valence-electron chi connectivity index (χ3n) is 4.74. The van der Waals surface area contributed by atoms with Crippen LogP contribution in [0.1, 0.15) is 25.7 Å². The van der Waals surface area contributed by atoms with Crippen molar-refractivity contribution in [2.45, 2.75) is 26.4 Å². The second-order valence-corrected chi connectivity index (χ2v) is 7.10. The second-order valence-electron chi connectivity index (χ2n) is 7.10. The van der Waals surface area contributed by atoms with Gasteiger partial charge in [0.1, 0.15) is 17.2 Å². The second kappa shape index (κ2) is 5.84. The van der Waals surface area contributed by atoms with Crippen molar-refractivity contribution in [3.05, 3.63) is 42.2 Å². The van der Waals surface area contributed by atoms with E-state index in [1.807, 2.05) is 6.20 Å². The first-order chi connectivity index (χ1) is 12.0. The van der Waals surface area contributed by atoms with Gasteiger partial charge in [0.15, 0.2) is 5.58 Å². The van der Waals surface area contributed by atoms with E-state index in [0.29, 0.717) is 23.7 Å². The van der Waals surface area contributed by atoms with Gasteiger partial charge in [0.2, 0.25) is 0 Å². The number of methoxy groups -OCH3 is 1. The van der Waals surface area contributed by atoms with Crippen LogP contribution >= 0.6 is 0 Å². The van der Waals surface area contributed by atoms with Crippen LogP contribution in [0.25, 0.3) is 11.1 Å². The summed E-state index contributed by atoms with van der Waals surface area (Å²) in [6, 6.07) is 4.94. The number of benzene rings is 1. The molecule has 4 rings (SSSR count). The van der Waals surface area contributed by atoms with Crippen molar-refractivity contribution >= 4 is 17.1 Å². The average Bonchev–Trinajstić information content (AvgIpc) is 3.17. The van der Waals surface area contributed by atoms with Gasteiger partial charge in [0.05, 0.1) is 12.6 Å². The highest BCUT2D eigenvalue weighted by Crippen LogP contribution is 2.50. The van der Waals surface area contributed by atoms with Crippen LogP contribution in [0, 0.1) is 11.2 Å². The van der Waals surface area contributed by atoms with Gasteiger partial charge in [-0.2, -0.15) is 4.98 Å². The van der Waals surface area contributed by atoms with Gasteiger partial charge in [0, 0.05) is 44.1 Å². The van der Waals surface area contributed by atoms with Crippen LogP contribution in [-0.2, 0) is 11.3 Å². The van der Waals surface area contributed by atoms with Crippen LogP contribution < -0.4 is 4.90 Å². The molecule has 0 aliphatic carbocycles. The summed E-state index contributed by atoms with van der Waals surface area (Å²) < 4.78 is 26.5. The minimum Gasteiger partial charge on any atom is -0.423 e. The molecule has 1 fully saturated rings. The Hall–Kier alpha value is -2.41. The molecule has 1 aliphatic rings. The van der Waals surface area contributed by atoms with Crippen molar-refractivity contribution in [1.29, 1.82) is 0 Å². The van der Waals surface area contributed by atoms with Crippen LogP contribution in [0.3, 0.4) is 0 Å². The topological polar surface area (TPSA) is 56.3 Å². The number of aromatic nitrogens is 3. The van der Waals surface area contributed by atoms with Crippen LogP contribution in [0.5, 0.6) is 0 Å². The lowest BCUT2D eigenvalue weighted by Crippen LogP contribution is -2.56. The average molecular weight is 344 g/mol. The summed E-state index contributed by atoms with van der Waals surface area (Å²) in [6.07, 6.45) is 3.77. The molecule has 3 aromatic rings. The van der Waals surface area contributed by atoms with Crippen molar-refractivity contribution < 1.29 is 13.5 Å². The number of fused-ring (bicyclic) bond motifs is 1. The van der Waals surface area contributed by atoms with E-state index in [-0.39, 0.29) is 17.3 Å².